The largest absolute Gasteiger partial charge is 0.480 e. The average Bonchev–Trinajstić information content (AvgIpc) is 3.15. The molecule has 0 aliphatic rings. The van der Waals surface area contributed by atoms with Crippen molar-refractivity contribution in [2.75, 3.05) is 0 Å². The van der Waals surface area contributed by atoms with Gasteiger partial charge in [0.15, 0.2) is 0 Å². The first-order valence-electron chi connectivity index (χ1n) is 8.04. The molecule has 0 fully saturated rings. The number of rotatable bonds is 6. The van der Waals surface area contributed by atoms with Gasteiger partial charge in [-0.15, -0.1) is 11.3 Å². The van der Waals surface area contributed by atoms with Gasteiger partial charge >= 0.3 is 5.97 Å². The van der Waals surface area contributed by atoms with E-state index >= 15 is 0 Å². The number of nitrogens with zero attached hydrogens (tertiary/aromatic N) is 2. The highest BCUT2D eigenvalue weighted by atomic mass is 32.1. The van der Waals surface area contributed by atoms with Gasteiger partial charge in [0.2, 0.25) is 0 Å². The maximum atomic E-state index is 12.4. The van der Waals surface area contributed by atoms with Gasteiger partial charge in [-0.25, -0.2) is 4.79 Å². The minimum absolute atomic E-state index is 0.340. The number of hydrogen-bond acceptors (Lipinski definition) is 4. The number of aliphatic carboxylic acids is 1. The van der Waals surface area contributed by atoms with Crippen LogP contribution in [-0.2, 0) is 11.3 Å². The number of thiophene rings is 1. The van der Waals surface area contributed by atoms with Crippen LogP contribution in [0.15, 0.2) is 36.4 Å². The van der Waals surface area contributed by atoms with Crippen molar-refractivity contribution in [1.82, 2.24) is 15.1 Å². The molecule has 3 rings (SSSR count). The Hall–Kier alpha value is -2.67. The minimum Gasteiger partial charge on any atom is -0.480 e. The van der Waals surface area contributed by atoms with Crippen LogP contribution in [-0.4, -0.2) is 32.8 Å². The lowest BCUT2D eigenvalue weighted by Gasteiger charge is -2.10. The Labute approximate surface area is 149 Å². The lowest BCUT2D eigenvalue weighted by Crippen LogP contribution is -2.39. The predicted molar refractivity (Wildman–Crippen MR) is 97.1 cm³/mol. The summed E-state index contributed by atoms with van der Waals surface area (Å²) >= 11 is 1.33. The molecule has 1 aromatic carbocycles. The summed E-state index contributed by atoms with van der Waals surface area (Å²) < 4.78 is 1.88. The van der Waals surface area contributed by atoms with Crippen LogP contribution >= 0.6 is 11.3 Å². The zero-order valence-electron chi connectivity index (χ0n) is 14.0. The number of aryl methyl sites for hydroxylation is 1. The zero-order valence-corrected chi connectivity index (χ0v) is 14.8. The fraction of sp³-hybridized carbons (Fsp3) is 0.278. The van der Waals surface area contributed by atoms with Crippen molar-refractivity contribution in [2.24, 2.45) is 0 Å². The van der Waals surface area contributed by atoms with Crippen LogP contribution in [0.25, 0.3) is 10.2 Å². The van der Waals surface area contributed by atoms with Crippen LogP contribution < -0.4 is 5.32 Å². The first-order valence-corrected chi connectivity index (χ1v) is 8.85. The van der Waals surface area contributed by atoms with E-state index in [1.54, 1.807) is 13.0 Å². The maximum absolute atomic E-state index is 12.4. The van der Waals surface area contributed by atoms with Gasteiger partial charge in [0.25, 0.3) is 5.91 Å². The van der Waals surface area contributed by atoms with Gasteiger partial charge in [0.1, 0.15) is 10.9 Å². The van der Waals surface area contributed by atoms with E-state index in [-0.39, 0.29) is 5.91 Å². The Morgan fingerprint density at radius 3 is 2.68 bits per heavy atom. The lowest BCUT2D eigenvalue weighted by molar-refractivity contribution is -0.139. The van der Waals surface area contributed by atoms with E-state index in [2.05, 4.69) is 10.4 Å². The first kappa shape index (κ1) is 17.2. The molecular weight excluding hydrogens is 338 g/mol. The Balaban J connectivity index is 1.88. The Morgan fingerprint density at radius 1 is 1.32 bits per heavy atom. The van der Waals surface area contributed by atoms with E-state index < -0.39 is 12.0 Å². The van der Waals surface area contributed by atoms with Gasteiger partial charge in [0, 0.05) is 5.39 Å². The van der Waals surface area contributed by atoms with Crippen LogP contribution in [0, 0.1) is 6.92 Å². The Kier molecular flexibility index (Phi) is 4.85. The second kappa shape index (κ2) is 7.06. The number of nitrogens with one attached hydrogen (secondary N) is 1. The standard InChI is InChI=1S/C18H19N3O3S/c1-3-14(18(23)24)19-16(22)15-9-13-11(2)20-21(17(13)25-15)10-12-7-5-4-6-8-12/h4-9,14H,3,10H2,1-2H3,(H,19,22)(H,23,24). The van der Waals surface area contributed by atoms with Crippen LogP contribution in [0.5, 0.6) is 0 Å². The Bertz CT molecular complexity index is 914. The fourth-order valence-electron chi connectivity index (χ4n) is 2.66. The quantitative estimate of drug-likeness (QED) is 0.710. The molecular formula is C18H19N3O3S. The van der Waals surface area contributed by atoms with E-state index in [9.17, 15) is 9.59 Å². The number of hydrogen-bond donors (Lipinski definition) is 2. The second-order valence-electron chi connectivity index (χ2n) is 5.83. The SMILES string of the molecule is CCC(NC(=O)c1cc2c(C)nn(Cc3ccccc3)c2s1)C(=O)O. The zero-order chi connectivity index (χ0) is 18.0. The highest BCUT2D eigenvalue weighted by molar-refractivity contribution is 7.20. The summed E-state index contributed by atoms with van der Waals surface area (Å²) in [5, 5.41) is 17.1. The summed E-state index contributed by atoms with van der Waals surface area (Å²) in [5.74, 6) is -1.38. The van der Waals surface area contributed by atoms with E-state index in [4.69, 9.17) is 5.11 Å². The fourth-order valence-corrected chi connectivity index (χ4v) is 3.72. The highest BCUT2D eigenvalue weighted by Gasteiger charge is 2.21. The molecule has 25 heavy (non-hydrogen) atoms. The van der Waals surface area contributed by atoms with Crippen LogP contribution in [0.3, 0.4) is 0 Å². The normalized spacial score (nSPS) is 12.2. The van der Waals surface area contributed by atoms with Gasteiger partial charge in [-0.3, -0.25) is 9.48 Å². The van der Waals surface area contributed by atoms with Crippen molar-refractivity contribution in [2.45, 2.75) is 32.9 Å². The summed E-state index contributed by atoms with van der Waals surface area (Å²) in [4.78, 5) is 24.9. The number of carboxylic acid groups (broad SMARTS) is 1. The summed E-state index contributed by atoms with van der Waals surface area (Å²) in [6.07, 6.45) is 0.340. The predicted octanol–water partition coefficient (Wildman–Crippen LogP) is 3.05. The molecule has 0 radical (unpaired) electrons. The molecule has 2 N–H and O–H groups in total. The van der Waals surface area contributed by atoms with Crippen molar-refractivity contribution in [3.63, 3.8) is 0 Å². The smallest absolute Gasteiger partial charge is 0.326 e. The van der Waals surface area contributed by atoms with Gasteiger partial charge in [-0.05, 0) is 25.0 Å². The highest BCUT2D eigenvalue weighted by Crippen LogP contribution is 2.29. The number of carboxylic acids is 1. The molecule has 1 amide bonds. The summed E-state index contributed by atoms with van der Waals surface area (Å²) in [6, 6.07) is 10.9. The monoisotopic (exact) mass is 357 g/mol. The van der Waals surface area contributed by atoms with Crippen LogP contribution in [0.2, 0.25) is 0 Å². The number of aromatic nitrogens is 2. The number of carbonyl (C=O) groups is 2. The minimum atomic E-state index is -1.02. The van der Waals surface area contributed by atoms with Crippen molar-refractivity contribution >= 4 is 33.4 Å². The number of carbonyl (C=O) groups excluding carboxylic acids is 1. The van der Waals surface area contributed by atoms with Crippen LogP contribution in [0.4, 0.5) is 0 Å². The summed E-state index contributed by atoms with van der Waals surface area (Å²) in [7, 11) is 0. The third-order valence-electron chi connectivity index (χ3n) is 4.02. The molecule has 0 saturated carbocycles. The molecule has 0 saturated heterocycles. The van der Waals surface area contributed by atoms with E-state index in [0.717, 1.165) is 21.5 Å². The molecule has 0 aliphatic carbocycles. The molecule has 3 aromatic rings. The molecule has 7 heteroatoms. The third kappa shape index (κ3) is 3.56. The van der Waals surface area contributed by atoms with Gasteiger partial charge < -0.3 is 10.4 Å². The lowest BCUT2D eigenvalue weighted by atomic mass is 10.2. The molecule has 1 atom stereocenters. The molecule has 0 spiro atoms. The van der Waals surface area contributed by atoms with Crippen molar-refractivity contribution in [3.8, 4) is 0 Å². The molecule has 0 aliphatic heterocycles. The van der Waals surface area contributed by atoms with Gasteiger partial charge in [0.05, 0.1) is 17.1 Å². The van der Waals surface area contributed by atoms with Crippen LogP contribution in [0.1, 0.15) is 34.3 Å². The van der Waals surface area contributed by atoms with E-state index in [1.165, 1.54) is 11.3 Å². The second-order valence-corrected chi connectivity index (χ2v) is 6.86. The number of fused-ring (bicyclic) bond motifs is 1. The third-order valence-corrected chi connectivity index (χ3v) is 5.17. The molecule has 2 heterocycles. The first-order chi connectivity index (χ1) is 12.0. The topological polar surface area (TPSA) is 84.2 Å². The molecule has 1 unspecified atom stereocenters. The van der Waals surface area contributed by atoms with Gasteiger partial charge in [-0.2, -0.15) is 5.10 Å². The molecule has 2 aromatic heterocycles. The Morgan fingerprint density at radius 2 is 2.04 bits per heavy atom. The number of benzene rings is 1. The van der Waals surface area contributed by atoms with Crippen molar-refractivity contribution in [3.05, 3.63) is 52.5 Å². The van der Waals surface area contributed by atoms with Crippen molar-refractivity contribution < 1.29 is 14.7 Å². The van der Waals surface area contributed by atoms with Crippen molar-refractivity contribution in [1.29, 1.82) is 0 Å². The van der Waals surface area contributed by atoms with E-state index in [1.807, 2.05) is 41.9 Å². The summed E-state index contributed by atoms with van der Waals surface area (Å²) in [6.45, 7) is 4.26. The average molecular weight is 357 g/mol. The van der Waals surface area contributed by atoms with Gasteiger partial charge in [-0.1, -0.05) is 37.3 Å². The maximum Gasteiger partial charge on any atom is 0.326 e. The number of amides is 1. The molecule has 6 nitrogen and oxygen atoms in total. The molecule has 0 bridgehead atoms. The summed E-state index contributed by atoms with van der Waals surface area (Å²) in [5.41, 5.74) is 1.98. The molecule has 130 valence electrons. The van der Waals surface area contributed by atoms with E-state index in [0.29, 0.717) is 17.8 Å².